The van der Waals surface area contributed by atoms with Crippen molar-refractivity contribution in [2.45, 2.75) is 13.0 Å². The molecule has 0 aliphatic heterocycles. The van der Waals surface area contributed by atoms with Gasteiger partial charge in [-0.3, -0.25) is 0 Å². The molecule has 0 saturated carbocycles. The van der Waals surface area contributed by atoms with Crippen molar-refractivity contribution in [2.24, 2.45) is 0 Å². The van der Waals surface area contributed by atoms with E-state index in [0.717, 1.165) is 6.07 Å². The van der Waals surface area contributed by atoms with E-state index < -0.39 is 11.6 Å². The van der Waals surface area contributed by atoms with Crippen LogP contribution in [0.3, 0.4) is 0 Å². The van der Waals surface area contributed by atoms with Crippen LogP contribution < -0.4 is 5.73 Å². The summed E-state index contributed by atoms with van der Waals surface area (Å²) in [5, 5.41) is 0. The van der Waals surface area contributed by atoms with Crippen molar-refractivity contribution in [3.05, 3.63) is 35.4 Å². The van der Waals surface area contributed by atoms with Crippen LogP contribution in [0.15, 0.2) is 18.2 Å². The van der Waals surface area contributed by atoms with Gasteiger partial charge in [0.05, 0.1) is 0 Å². The van der Waals surface area contributed by atoms with Gasteiger partial charge in [0.1, 0.15) is 17.7 Å². The van der Waals surface area contributed by atoms with Gasteiger partial charge in [0.2, 0.25) is 0 Å². The van der Waals surface area contributed by atoms with Crippen molar-refractivity contribution in [3.63, 3.8) is 0 Å². The number of quaternary nitrogens is 1. The molecular formula is C8H10F2N+. The molecule has 0 aliphatic carbocycles. The first-order valence-electron chi connectivity index (χ1n) is 3.39. The zero-order valence-electron chi connectivity index (χ0n) is 6.27. The summed E-state index contributed by atoms with van der Waals surface area (Å²) >= 11 is 0. The first kappa shape index (κ1) is 8.14. The van der Waals surface area contributed by atoms with Crippen molar-refractivity contribution in [2.75, 3.05) is 0 Å². The molecule has 0 aliphatic rings. The Morgan fingerprint density at radius 2 is 2.00 bits per heavy atom. The van der Waals surface area contributed by atoms with E-state index in [1.807, 2.05) is 0 Å². The fraction of sp³-hybridized carbons (Fsp3) is 0.250. The number of hydrogen-bond acceptors (Lipinski definition) is 0. The summed E-state index contributed by atoms with van der Waals surface area (Å²) < 4.78 is 25.2. The molecule has 3 heteroatoms. The molecule has 60 valence electrons. The van der Waals surface area contributed by atoms with Crippen LogP contribution in [0.5, 0.6) is 0 Å². The van der Waals surface area contributed by atoms with Crippen LogP contribution in [0, 0.1) is 11.6 Å². The highest BCUT2D eigenvalue weighted by Crippen LogP contribution is 2.13. The second-order valence-corrected chi connectivity index (χ2v) is 2.57. The summed E-state index contributed by atoms with van der Waals surface area (Å²) in [5.74, 6) is -1.07. The zero-order chi connectivity index (χ0) is 8.43. The average Bonchev–Trinajstić information content (AvgIpc) is 1.85. The molecule has 0 radical (unpaired) electrons. The molecular weight excluding hydrogens is 148 g/mol. The van der Waals surface area contributed by atoms with Crippen LogP contribution in [0.25, 0.3) is 0 Å². The van der Waals surface area contributed by atoms with E-state index in [2.05, 4.69) is 5.73 Å². The summed E-state index contributed by atoms with van der Waals surface area (Å²) in [5.41, 5.74) is 4.09. The minimum absolute atomic E-state index is 0.143. The van der Waals surface area contributed by atoms with Gasteiger partial charge in [-0.25, -0.2) is 8.78 Å². The van der Waals surface area contributed by atoms with E-state index in [1.54, 1.807) is 6.92 Å². The Morgan fingerprint density at radius 3 is 2.45 bits per heavy atom. The second-order valence-electron chi connectivity index (χ2n) is 2.57. The summed E-state index contributed by atoms with van der Waals surface area (Å²) in [7, 11) is 0. The Labute approximate surface area is 63.8 Å². The highest BCUT2D eigenvalue weighted by Gasteiger charge is 2.09. The predicted octanol–water partition coefficient (Wildman–Crippen LogP) is 1.27. The highest BCUT2D eigenvalue weighted by atomic mass is 19.1. The second kappa shape index (κ2) is 2.96. The minimum atomic E-state index is -0.549. The molecule has 1 atom stereocenters. The lowest BCUT2D eigenvalue weighted by atomic mass is 10.1. The standard InChI is InChI=1S/C8H9F2N/c1-5(11)7-3-2-6(9)4-8(7)10/h2-5H,11H2,1H3/p+1/t5-/m1/s1. The number of halogens is 2. The normalized spacial score (nSPS) is 13.1. The van der Waals surface area contributed by atoms with E-state index in [9.17, 15) is 8.78 Å². The monoisotopic (exact) mass is 158 g/mol. The highest BCUT2D eigenvalue weighted by molar-refractivity contribution is 5.19. The van der Waals surface area contributed by atoms with Crippen molar-refractivity contribution in [3.8, 4) is 0 Å². The summed E-state index contributed by atoms with van der Waals surface area (Å²) in [6.45, 7) is 1.76. The maximum Gasteiger partial charge on any atom is 0.135 e. The Morgan fingerprint density at radius 1 is 1.36 bits per heavy atom. The third-order valence-corrected chi connectivity index (χ3v) is 1.49. The first-order valence-corrected chi connectivity index (χ1v) is 3.39. The molecule has 0 heterocycles. The first-order chi connectivity index (χ1) is 5.11. The largest absolute Gasteiger partial charge is 0.352 e. The van der Waals surface area contributed by atoms with E-state index in [0.29, 0.717) is 5.56 Å². The number of hydrogen-bond donors (Lipinski definition) is 1. The fourth-order valence-corrected chi connectivity index (χ4v) is 0.901. The van der Waals surface area contributed by atoms with Crippen molar-refractivity contribution < 1.29 is 14.5 Å². The van der Waals surface area contributed by atoms with Gasteiger partial charge in [-0.15, -0.1) is 0 Å². The van der Waals surface area contributed by atoms with Crippen molar-refractivity contribution >= 4 is 0 Å². The van der Waals surface area contributed by atoms with Crippen molar-refractivity contribution in [1.82, 2.24) is 0 Å². The molecule has 1 nitrogen and oxygen atoms in total. The Hall–Kier alpha value is -0.960. The lowest BCUT2D eigenvalue weighted by Crippen LogP contribution is -2.52. The van der Waals surface area contributed by atoms with Gasteiger partial charge >= 0.3 is 0 Å². The molecule has 0 bridgehead atoms. The molecule has 0 unspecified atom stereocenters. The van der Waals surface area contributed by atoms with Gasteiger partial charge in [-0.05, 0) is 19.1 Å². The molecule has 1 rings (SSSR count). The van der Waals surface area contributed by atoms with Crippen LogP contribution in [-0.2, 0) is 0 Å². The van der Waals surface area contributed by atoms with Gasteiger partial charge in [0.25, 0.3) is 0 Å². The zero-order valence-corrected chi connectivity index (χ0v) is 6.27. The van der Waals surface area contributed by atoms with E-state index >= 15 is 0 Å². The molecule has 11 heavy (non-hydrogen) atoms. The van der Waals surface area contributed by atoms with E-state index in [-0.39, 0.29) is 6.04 Å². The molecule has 0 fully saturated rings. The maximum atomic E-state index is 12.8. The number of rotatable bonds is 1. The van der Waals surface area contributed by atoms with E-state index in [4.69, 9.17) is 0 Å². The van der Waals surface area contributed by atoms with Crippen LogP contribution in [-0.4, -0.2) is 0 Å². The maximum absolute atomic E-state index is 12.8. The van der Waals surface area contributed by atoms with Crippen molar-refractivity contribution in [1.29, 1.82) is 0 Å². The van der Waals surface area contributed by atoms with E-state index in [1.165, 1.54) is 12.1 Å². The predicted molar refractivity (Wildman–Crippen MR) is 37.7 cm³/mol. The third kappa shape index (κ3) is 1.74. The molecule has 0 spiro atoms. The minimum Gasteiger partial charge on any atom is -0.352 e. The lowest BCUT2D eigenvalue weighted by molar-refractivity contribution is -0.420. The Balaban J connectivity index is 3.09. The lowest BCUT2D eigenvalue weighted by Gasteiger charge is -2.02. The Kier molecular flexibility index (Phi) is 2.19. The third-order valence-electron chi connectivity index (χ3n) is 1.49. The topological polar surface area (TPSA) is 27.6 Å². The quantitative estimate of drug-likeness (QED) is 0.637. The fourth-order valence-electron chi connectivity index (χ4n) is 0.901. The Bertz CT molecular complexity index is 258. The average molecular weight is 158 g/mol. The molecule has 0 aromatic heterocycles. The molecule has 3 N–H and O–H groups in total. The molecule has 0 amide bonds. The van der Waals surface area contributed by atoms with Crippen LogP contribution in [0.1, 0.15) is 18.5 Å². The van der Waals surface area contributed by atoms with Gasteiger partial charge in [-0.1, -0.05) is 0 Å². The molecule has 0 saturated heterocycles. The van der Waals surface area contributed by atoms with Crippen LogP contribution in [0.2, 0.25) is 0 Å². The van der Waals surface area contributed by atoms with Gasteiger partial charge in [0.15, 0.2) is 0 Å². The summed E-state index contributed by atoms with van der Waals surface area (Å²) in [6, 6.07) is 3.38. The van der Waals surface area contributed by atoms with Gasteiger partial charge in [-0.2, -0.15) is 0 Å². The summed E-state index contributed by atoms with van der Waals surface area (Å²) in [6.07, 6.45) is 0. The number of benzene rings is 1. The van der Waals surface area contributed by atoms with Crippen LogP contribution >= 0.6 is 0 Å². The molecule has 1 aromatic carbocycles. The van der Waals surface area contributed by atoms with Gasteiger partial charge < -0.3 is 5.73 Å². The van der Waals surface area contributed by atoms with Crippen LogP contribution in [0.4, 0.5) is 8.78 Å². The SMILES string of the molecule is C[C@@H]([NH3+])c1ccc(F)cc1F. The molecule has 1 aromatic rings. The smallest absolute Gasteiger partial charge is 0.135 e. The summed E-state index contributed by atoms with van der Waals surface area (Å²) in [4.78, 5) is 0. The van der Waals surface area contributed by atoms with Gasteiger partial charge in [0, 0.05) is 11.6 Å².